The van der Waals surface area contributed by atoms with Crippen LogP contribution in [0.15, 0.2) is 41.8 Å². The number of aromatic nitrogens is 2. The molecule has 1 aliphatic rings. The molecule has 0 bridgehead atoms. The van der Waals surface area contributed by atoms with E-state index in [9.17, 15) is 8.42 Å². The molecule has 3 rings (SSSR count). The van der Waals surface area contributed by atoms with Crippen LogP contribution in [0.4, 0.5) is 0 Å². The zero-order valence-electron chi connectivity index (χ0n) is 12.2. The minimum absolute atomic E-state index is 0.135. The first-order valence-corrected chi connectivity index (χ1v) is 8.59. The average molecular weight is 305 g/mol. The molecule has 6 heteroatoms. The van der Waals surface area contributed by atoms with Crippen LogP contribution < -0.4 is 0 Å². The van der Waals surface area contributed by atoms with E-state index in [4.69, 9.17) is 0 Å². The molecule has 0 saturated heterocycles. The van der Waals surface area contributed by atoms with Gasteiger partial charge in [0.05, 0.1) is 6.33 Å². The number of nitrogens with zero attached hydrogens (tertiary/aromatic N) is 3. The van der Waals surface area contributed by atoms with E-state index in [0.29, 0.717) is 13.1 Å². The van der Waals surface area contributed by atoms with Gasteiger partial charge in [0.25, 0.3) is 10.0 Å². The standard InChI is InChI=1S/C15H19N3O2S/c1-3-17-10-15(16-11-17)21(19,20)18-9-8-13-6-4-5-7-14(13)12(18)2/h4-7,10-12H,3,8-9H2,1-2H3. The quantitative estimate of drug-likeness (QED) is 0.873. The van der Waals surface area contributed by atoms with Crippen LogP contribution in [-0.4, -0.2) is 28.8 Å². The fourth-order valence-corrected chi connectivity index (χ4v) is 4.39. The van der Waals surface area contributed by atoms with Crippen molar-refractivity contribution in [2.45, 2.75) is 37.9 Å². The summed E-state index contributed by atoms with van der Waals surface area (Å²) in [6.07, 6.45) is 3.91. The van der Waals surface area contributed by atoms with Crippen molar-refractivity contribution < 1.29 is 8.42 Å². The Labute approximate surface area is 125 Å². The van der Waals surface area contributed by atoms with Crippen molar-refractivity contribution in [2.24, 2.45) is 0 Å². The van der Waals surface area contributed by atoms with E-state index >= 15 is 0 Å². The van der Waals surface area contributed by atoms with Crippen molar-refractivity contribution in [1.29, 1.82) is 0 Å². The Kier molecular flexibility index (Phi) is 3.59. The minimum Gasteiger partial charge on any atom is -0.336 e. The summed E-state index contributed by atoms with van der Waals surface area (Å²) in [5, 5.41) is 0.135. The maximum atomic E-state index is 12.8. The molecule has 112 valence electrons. The lowest BCUT2D eigenvalue weighted by Crippen LogP contribution is -2.38. The summed E-state index contributed by atoms with van der Waals surface area (Å²) in [5.74, 6) is 0. The molecule has 0 N–H and O–H groups in total. The summed E-state index contributed by atoms with van der Waals surface area (Å²) < 4.78 is 28.9. The van der Waals surface area contributed by atoms with Crippen LogP contribution in [0, 0.1) is 0 Å². The first-order valence-electron chi connectivity index (χ1n) is 7.15. The number of aryl methyl sites for hydroxylation is 1. The van der Waals surface area contributed by atoms with Gasteiger partial charge in [0.2, 0.25) is 0 Å². The second-order valence-electron chi connectivity index (χ2n) is 5.28. The third kappa shape index (κ3) is 2.38. The molecule has 1 atom stereocenters. The van der Waals surface area contributed by atoms with Crippen LogP contribution in [0.25, 0.3) is 0 Å². The second-order valence-corrected chi connectivity index (χ2v) is 7.12. The molecule has 0 saturated carbocycles. The second kappa shape index (κ2) is 5.27. The Morgan fingerprint density at radius 2 is 2.10 bits per heavy atom. The zero-order valence-corrected chi connectivity index (χ0v) is 13.0. The van der Waals surface area contributed by atoms with Crippen LogP contribution >= 0.6 is 0 Å². The van der Waals surface area contributed by atoms with Crippen molar-refractivity contribution in [1.82, 2.24) is 13.9 Å². The minimum atomic E-state index is -3.54. The smallest absolute Gasteiger partial charge is 0.262 e. The molecule has 0 fully saturated rings. The summed E-state index contributed by atoms with van der Waals surface area (Å²) in [6.45, 7) is 5.10. The molecule has 5 nitrogen and oxygen atoms in total. The Balaban J connectivity index is 1.97. The first-order chi connectivity index (χ1) is 10.0. The highest BCUT2D eigenvalue weighted by molar-refractivity contribution is 7.89. The van der Waals surface area contributed by atoms with E-state index in [1.54, 1.807) is 21.4 Å². The summed E-state index contributed by atoms with van der Waals surface area (Å²) in [4.78, 5) is 4.06. The highest BCUT2D eigenvalue weighted by atomic mass is 32.2. The molecule has 0 amide bonds. The largest absolute Gasteiger partial charge is 0.336 e. The predicted molar refractivity (Wildman–Crippen MR) is 80.4 cm³/mol. The lowest BCUT2D eigenvalue weighted by molar-refractivity contribution is 0.325. The predicted octanol–water partition coefficient (Wildman–Crippen LogP) is 2.21. The van der Waals surface area contributed by atoms with Crippen LogP contribution in [0.1, 0.15) is 31.0 Å². The van der Waals surface area contributed by atoms with E-state index in [1.165, 1.54) is 5.56 Å². The number of imidazole rings is 1. The van der Waals surface area contributed by atoms with Crippen molar-refractivity contribution in [3.63, 3.8) is 0 Å². The van der Waals surface area contributed by atoms with E-state index in [1.807, 2.05) is 32.0 Å². The zero-order chi connectivity index (χ0) is 15.0. The molecule has 1 aromatic carbocycles. The van der Waals surface area contributed by atoms with Crippen molar-refractivity contribution in [3.05, 3.63) is 47.9 Å². The molecule has 0 aliphatic carbocycles. The normalized spacial score (nSPS) is 19.4. The average Bonchev–Trinajstić information content (AvgIpc) is 2.97. The summed E-state index contributed by atoms with van der Waals surface area (Å²) in [7, 11) is -3.54. The van der Waals surface area contributed by atoms with Crippen LogP contribution in [0.3, 0.4) is 0 Å². The van der Waals surface area contributed by atoms with E-state index in [2.05, 4.69) is 11.1 Å². The van der Waals surface area contributed by atoms with Crippen LogP contribution in [-0.2, 0) is 23.0 Å². The Morgan fingerprint density at radius 1 is 1.33 bits per heavy atom. The third-order valence-electron chi connectivity index (χ3n) is 4.09. The number of benzene rings is 1. The van der Waals surface area contributed by atoms with E-state index in [-0.39, 0.29) is 11.1 Å². The number of rotatable bonds is 3. The van der Waals surface area contributed by atoms with Gasteiger partial charge in [0.15, 0.2) is 5.03 Å². The molecule has 1 aliphatic heterocycles. The van der Waals surface area contributed by atoms with Crippen molar-refractivity contribution in [3.8, 4) is 0 Å². The number of hydrogen-bond acceptors (Lipinski definition) is 3. The van der Waals surface area contributed by atoms with Crippen molar-refractivity contribution >= 4 is 10.0 Å². The van der Waals surface area contributed by atoms with Crippen LogP contribution in [0.2, 0.25) is 0 Å². The Bertz CT molecular complexity index is 752. The van der Waals surface area contributed by atoms with Gasteiger partial charge in [-0.15, -0.1) is 0 Å². The van der Waals surface area contributed by atoms with Gasteiger partial charge in [-0.25, -0.2) is 13.4 Å². The molecule has 1 aromatic heterocycles. The van der Waals surface area contributed by atoms with Crippen molar-refractivity contribution in [2.75, 3.05) is 6.54 Å². The number of hydrogen-bond donors (Lipinski definition) is 0. The van der Waals surface area contributed by atoms with Gasteiger partial charge in [-0.3, -0.25) is 0 Å². The van der Waals surface area contributed by atoms with E-state index < -0.39 is 10.0 Å². The molecule has 2 heterocycles. The topological polar surface area (TPSA) is 55.2 Å². The van der Waals surface area contributed by atoms with Gasteiger partial charge in [0, 0.05) is 25.3 Å². The monoisotopic (exact) mass is 305 g/mol. The van der Waals surface area contributed by atoms with Gasteiger partial charge >= 0.3 is 0 Å². The van der Waals surface area contributed by atoms with E-state index in [0.717, 1.165) is 12.0 Å². The summed E-state index contributed by atoms with van der Waals surface area (Å²) >= 11 is 0. The highest BCUT2D eigenvalue weighted by Crippen LogP contribution is 2.33. The van der Waals surface area contributed by atoms with Gasteiger partial charge in [-0.2, -0.15) is 4.31 Å². The molecule has 2 aromatic rings. The molecular formula is C15H19N3O2S. The highest BCUT2D eigenvalue weighted by Gasteiger charge is 2.34. The van der Waals surface area contributed by atoms with Gasteiger partial charge in [-0.1, -0.05) is 24.3 Å². The maximum Gasteiger partial charge on any atom is 0.262 e. The molecular weight excluding hydrogens is 286 g/mol. The van der Waals surface area contributed by atoms with Gasteiger partial charge in [0.1, 0.15) is 0 Å². The number of fused-ring (bicyclic) bond motifs is 1. The van der Waals surface area contributed by atoms with Gasteiger partial charge in [-0.05, 0) is 31.4 Å². The lowest BCUT2D eigenvalue weighted by Gasteiger charge is -2.33. The maximum absolute atomic E-state index is 12.8. The third-order valence-corrected chi connectivity index (χ3v) is 5.94. The molecule has 0 spiro atoms. The molecule has 1 unspecified atom stereocenters. The number of sulfonamides is 1. The summed E-state index contributed by atoms with van der Waals surface area (Å²) in [6, 6.07) is 7.87. The lowest BCUT2D eigenvalue weighted by atomic mass is 9.96. The Morgan fingerprint density at radius 3 is 2.81 bits per heavy atom. The molecule has 0 radical (unpaired) electrons. The summed E-state index contributed by atoms with van der Waals surface area (Å²) in [5.41, 5.74) is 2.32. The first kappa shape index (κ1) is 14.3. The van der Waals surface area contributed by atoms with Crippen LogP contribution in [0.5, 0.6) is 0 Å². The SMILES string of the molecule is CCn1cnc(S(=O)(=O)N2CCc3ccccc3C2C)c1. The Hall–Kier alpha value is -1.66. The molecule has 21 heavy (non-hydrogen) atoms. The fraction of sp³-hybridized carbons (Fsp3) is 0.400. The van der Waals surface area contributed by atoms with Gasteiger partial charge < -0.3 is 4.57 Å². The fourth-order valence-electron chi connectivity index (χ4n) is 2.84.